The van der Waals surface area contributed by atoms with E-state index in [2.05, 4.69) is 16.0 Å². The zero-order valence-corrected chi connectivity index (χ0v) is 10.7. The monoisotopic (exact) mass is 289 g/mol. The van der Waals surface area contributed by atoms with E-state index < -0.39 is 17.8 Å². The summed E-state index contributed by atoms with van der Waals surface area (Å²) in [6, 6.07) is 3.67. The van der Waals surface area contributed by atoms with Gasteiger partial charge in [-0.15, -0.1) is 0 Å². The first-order chi connectivity index (χ1) is 9.29. The summed E-state index contributed by atoms with van der Waals surface area (Å²) in [5.74, 6) is -0.231. The van der Waals surface area contributed by atoms with Crippen molar-refractivity contribution in [2.75, 3.05) is 18.4 Å². The number of rotatable bonds is 4. The van der Waals surface area contributed by atoms with Gasteiger partial charge in [-0.25, -0.2) is 4.79 Å². The second-order valence-corrected chi connectivity index (χ2v) is 3.94. The molecule has 20 heavy (non-hydrogen) atoms. The number of carbonyl (C=O) groups excluding carboxylic acids is 2. The molecule has 0 fully saturated rings. The maximum absolute atomic E-state index is 12.5. The molecular formula is C12H14F3N3O2. The molecule has 1 aromatic rings. The van der Waals surface area contributed by atoms with Crippen molar-refractivity contribution in [1.29, 1.82) is 0 Å². The number of benzene rings is 1. The van der Waals surface area contributed by atoms with Gasteiger partial charge in [0.1, 0.15) is 0 Å². The van der Waals surface area contributed by atoms with Crippen LogP contribution >= 0.6 is 0 Å². The first kappa shape index (κ1) is 15.8. The number of hydrogen-bond donors (Lipinski definition) is 3. The van der Waals surface area contributed by atoms with Gasteiger partial charge in [0.2, 0.25) is 5.91 Å². The van der Waals surface area contributed by atoms with Crippen LogP contribution in [0.5, 0.6) is 0 Å². The van der Waals surface area contributed by atoms with E-state index in [0.717, 1.165) is 12.1 Å². The standard InChI is InChI=1S/C12H14F3N3O2/c1-8(19)16-5-6-17-11(20)18-10-4-2-3-9(7-10)12(13,14)15/h2-4,7H,5-6H2,1H3,(H,16,19)(H2,17,18,20). The normalized spacial score (nSPS) is 10.8. The Morgan fingerprint density at radius 1 is 1.15 bits per heavy atom. The van der Waals surface area contributed by atoms with Crippen LogP contribution in [0, 0.1) is 0 Å². The van der Waals surface area contributed by atoms with E-state index >= 15 is 0 Å². The third-order valence-electron chi connectivity index (χ3n) is 2.23. The highest BCUT2D eigenvalue weighted by atomic mass is 19.4. The topological polar surface area (TPSA) is 70.2 Å². The minimum absolute atomic E-state index is 0.0388. The highest BCUT2D eigenvalue weighted by Gasteiger charge is 2.30. The number of anilines is 1. The Kier molecular flexibility index (Phi) is 5.36. The van der Waals surface area contributed by atoms with E-state index in [1.807, 2.05) is 0 Å². The first-order valence-corrected chi connectivity index (χ1v) is 5.75. The van der Waals surface area contributed by atoms with Crippen molar-refractivity contribution in [3.63, 3.8) is 0 Å². The molecule has 0 aliphatic heterocycles. The summed E-state index contributed by atoms with van der Waals surface area (Å²) in [4.78, 5) is 22.0. The van der Waals surface area contributed by atoms with Crippen molar-refractivity contribution in [1.82, 2.24) is 10.6 Å². The highest BCUT2D eigenvalue weighted by molar-refractivity contribution is 5.89. The van der Waals surface area contributed by atoms with Gasteiger partial charge in [-0.1, -0.05) is 6.07 Å². The lowest BCUT2D eigenvalue weighted by Crippen LogP contribution is -2.36. The molecule has 0 aliphatic rings. The second kappa shape index (κ2) is 6.78. The molecule has 0 saturated heterocycles. The average molecular weight is 289 g/mol. The number of hydrogen-bond acceptors (Lipinski definition) is 2. The van der Waals surface area contributed by atoms with Gasteiger partial charge in [0.05, 0.1) is 5.56 Å². The molecule has 3 amide bonds. The second-order valence-electron chi connectivity index (χ2n) is 3.94. The van der Waals surface area contributed by atoms with Gasteiger partial charge < -0.3 is 16.0 Å². The molecule has 0 heterocycles. The Bertz CT molecular complexity index is 489. The predicted molar refractivity (Wildman–Crippen MR) is 67.1 cm³/mol. The summed E-state index contributed by atoms with van der Waals surface area (Å²) in [5, 5.41) is 7.14. The minimum atomic E-state index is -4.46. The lowest BCUT2D eigenvalue weighted by atomic mass is 10.2. The number of nitrogens with one attached hydrogen (secondary N) is 3. The van der Waals surface area contributed by atoms with Crippen LogP contribution in [0.4, 0.5) is 23.7 Å². The largest absolute Gasteiger partial charge is 0.416 e. The molecule has 8 heteroatoms. The van der Waals surface area contributed by atoms with Crippen LogP contribution in [-0.2, 0) is 11.0 Å². The molecule has 110 valence electrons. The van der Waals surface area contributed by atoms with Crippen molar-refractivity contribution in [3.05, 3.63) is 29.8 Å². The summed E-state index contributed by atoms with van der Waals surface area (Å²) < 4.78 is 37.4. The Balaban J connectivity index is 2.48. The van der Waals surface area contributed by atoms with Crippen LogP contribution in [-0.4, -0.2) is 25.0 Å². The number of carbonyl (C=O) groups is 2. The summed E-state index contributed by atoms with van der Waals surface area (Å²) in [6.07, 6.45) is -4.46. The van der Waals surface area contributed by atoms with E-state index in [9.17, 15) is 22.8 Å². The van der Waals surface area contributed by atoms with Crippen LogP contribution in [0.2, 0.25) is 0 Å². The number of alkyl halides is 3. The maximum atomic E-state index is 12.5. The molecule has 0 spiro atoms. The van der Waals surface area contributed by atoms with E-state index in [1.54, 1.807) is 0 Å². The van der Waals surface area contributed by atoms with Crippen LogP contribution in [0.25, 0.3) is 0 Å². The molecule has 0 bridgehead atoms. The maximum Gasteiger partial charge on any atom is 0.416 e. The van der Waals surface area contributed by atoms with Gasteiger partial charge in [-0.05, 0) is 18.2 Å². The van der Waals surface area contributed by atoms with Crippen LogP contribution < -0.4 is 16.0 Å². The molecule has 1 rings (SSSR count). The van der Waals surface area contributed by atoms with E-state index in [0.29, 0.717) is 0 Å². The summed E-state index contributed by atoms with van der Waals surface area (Å²) in [6.45, 7) is 1.75. The van der Waals surface area contributed by atoms with Gasteiger partial charge in [0, 0.05) is 25.7 Å². The third-order valence-corrected chi connectivity index (χ3v) is 2.23. The van der Waals surface area contributed by atoms with Crippen LogP contribution in [0.15, 0.2) is 24.3 Å². The van der Waals surface area contributed by atoms with Gasteiger partial charge in [0.15, 0.2) is 0 Å². The van der Waals surface area contributed by atoms with Crippen molar-refractivity contribution in [2.45, 2.75) is 13.1 Å². The first-order valence-electron chi connectivity index (χ1n) is 5.75. The van der Waals surface area contributed by atoms with Gasteiger partial charge in [0.25, 0.3) is 0 Å². The molecular weight excluding hydrogens is 275 g/mol. The van der Waals surface area contributed by atoms with Gasteiger partial charge >= 0.3 is 12.2 Å². The van der Waals surface area contributed by atoms with Gasteiger partial charge in [-0.3, -0.25) is 4.79 Å². The summed E-state index contributed by atoms with van der Waals surface area (Å²) in [7, 11) is 0. The zero-order chi connectivity index (χ0) is 15.2. The third kappa shape index (κ3) is 5.59. The van der Waals surface area contributed by atoms with Crippen LogP contribution in [0.1, 0.15) is 12.5 Å². The molecule has 0 atom stereocenters. The van der Waals surface area contributed by atoms with E-state index in [1.165, 1.54) is 19.1 Å². The number of amides is 3. The fourth-order valence-corrected chi connectivity index (χ4v) is 1.36. The quantitative estimate of drug-likeness (QED) is 0.742. The fourth-order valence-electron chi connectivity index (χ4n) is 1.36. The van der Waals surface area contributed by atoms with Crippen LogP contribution in [0.3, 0.4) is 0 Å². The molecule has 3 N–H and O–H groups in total. The fraction of sp³-hybridized carbons (Fsp3) is 0.333. The van der Waals surface area contributed by atoms with Crippen molar-refractivity contribution in [3.8, 4) is 0 Å². The SMILES string of the molecule is CC(=O)NCCNC(=O)Nc1cccc(C(F)(F)F)c1. The molecule has 0 radical (unpaired) electrons. The van der Waals surface area contributed by atoms with Gasteiger partial charge in [-0.2, -0.15) is 13.2 Å². The molecule has 0 aromatic heterocycles. The Morgan fingerprint density at radius 3 is 2.40 bits per heavy atom. The van der Waals surface area contributed by atoms with E-state index in [-0.39, 0.29) is 24.7 Å². The Hall–Kier alpha value is -2.25. The molecule has 1 aromatic carbocycles. The number of halogens is 3. The smallest absolute Gasteiger partial charge is 0.355 e. The Morgan fingerprint density at radius 2 is 1.80 bits per heavy atom. The van der Waals surface area contributed by atoms with Crippen molar-refractivity contribution in [2.24, 2.45) is 0 Å². The highest BCUT2D eigenvalue weighted by Crippen LogP contribution is 2.30. The zero-order valence-electron chi connectivity index (χ0n) is 10.7. The molecule has 0 aliphatic carbocycles. The number of urea groups is 1. The lowest BCUT2D eigenvalue weighted by molar-refractivity contribution is -0.137. The Labute approximate surface area is 113 Å². The molecule has 0 unspecified atom stereocenters. The summed E-state index contributed by atoms with van der Waals surface area (Å²) >= 11 is 0. The average Bonchev–Trinajstić information content (AvgIpc) is 2.34. The molecule has 5 nitrogen and oxygen atoms in total. The van der Waals surface area contributed by atoms with Crippen molar-refractivity contribution < 1.29 is 22.8 Å². The predicted octanol–water partition coefficient (Wildman–Crippen LogP) is 1.96. The minimum Gasteiger partial charge on any atom is -0.355 e. The van der Waals surface area contributed by atoms with E-state index in [4.69, 9.17) is 0 Å². The lowest BCUT2D eigenvalue weighted by Gasteiger charge is -2.10. The molecule has 0 saturated carbocycles. The summed E-state index contributed by atoms with van der Waals surface area (Å²) in [5.41, 5.74) is -0.801. The van der Waals surface area contributed by atoms with Crippen molar-refractivity contribution >= 4 is 17.6 Å².